The minimum atomic E-state index is -2.16. The Balaban J connectivity index is 1.66. The molecule has 0 aromatic rings. The number of hydrogen-bond acceptors (Lipinski definition) is 7. The zero-order valence-electron chi connectivity index (χ0n) is 18.8. The number of allylic oxidation sites excluding steroid dienone is 3. The Labute approximate surface area is 186 Å². The van der Waals surface area contributed by atoms with E-state index < -0.39 is 70.4 Å². The summed E-state index contributed by atoms with van der Waals surface area (Å²) in [6.45, 7) is 6.06. The summed E-state index contributed by atoms with van der Waals surface area (Å²) in [6, 6.07) is 0. The molecule has 1 saturated heterocycles. The van der Waals surface area contributed by atoms with Crippen LogP contribution in [0, 0.1) is 22.7 Å². The summed E-state index contributed by atoms with van der Waals surface area (Å²) in [6.07, 6.45) is 1.02. The highest BCUT2D eigenvalue weighted by Gasteiger charge is 2.80. The van der Waals surface area contributed by atoms with E-state index >= 15 is 4.39 Å². The third-order valence-electron chi connectivity index (χ3n) is 9.22. The van der Waals surface area contributed by atoms with Crippen molar-refractivity contribution in [3.05, 3.63) is 23.8 Å². The van der Waals surface area contributed by atoms with Gasteiger partial charge in [0, 0.05) is 16.7 Å². The Morgan fingerprint density at radius 3 is 2.53 bits per heavy atom. The highest BCUT2D eigenvalue weighted by Crippen LogP contribution is 2.72. The monoisotopic (exact) mass is 450 g/mol. The van der Waals surface area contributed by atoms with E-state index in [1.165, 1.54) is 18.2 Å². The summed E-state index contributed by atoms with van der Waals surface area (Å²) in [4.78, 5) is 25.1. The molecular weight excluding hydrogens is 419 g/mol. The fourth-order valence-electron chi connectivity index (χ4n) is 7.96. The standard InChI is InChI=1S/C24H31FO7/c1-20(2)31-19-9-13-14-8-16(28)15-7-12(27)5-6-21(15,3)23(14,25)17(29)10-22(13,4)24(19,32-20)18(30)11-26/h5-7,13-14,16-17,19,26,28-29H,8-11H2,1-4H3/t13-,14+,16-,17+,19-,21+,22+,23+,24-/m1/s1. The fraction of sp³-hybridized carbons (Fsp3) is 0.750. The van der Waals surface area contributed by atoms with E-state index in [2.05, 4.69) is 0 Å². The lowest BCUT2D eigenvalue weighted by Gasteiger charge is -2.63. The van der Waals surface area contributed by atoms with Crippen molar-refractivity contribution in [1.82, 2.24) is 0 Å². The predicted octanol–water partition coefficient (Wildman–Crippen LogP) is 1.39. The molecule has 1 aliphatic heterocycles. The minimum absolute atomic E-state index is 0.00979. The van der Waals surface area contributed by atoms with Gasteiger partial charge < -0.3 is 24.8 Å². The maximum absolute atomic E-state index is 17.2. The van der Waals surface area contributed by atoms with E-state index in [9.17, 15) is 24.9 Å². The molecule has 9 atom stereocenters. The number of carbonyl (C=O) groups is 2. The van der Waals surface area contributed by atoms with Crippen LogP contribution in [0.2, 0.25) is 0 Å². The first-order valence-electron chi connectivity index (χ1n) is 11.3. The quantitative estimate of drug-likeness (QED) is 0.583. The maximum atomic E-state index is 17.2. The van der Waals surface area contributed by atoms with Gasteiger partial charge in [0.15, 0.2) is 28.6 Å². The number of Topliss-reactive ketones (excluding diaryl/α,β-unsaturated/α-hetero) is 1. The first-order valence-corrected chi connectivity index (χ1v) is 11.3. The lowest BCUT2D eigenvalue weighted by molar-refractivity contribution is -0.250. The number of halogens is 1. The van der Waals surface area contributed by atoms with Crippen LogP contribution in [0.15, 0.2) is 23.8 Å². The topological polar surface area (TPSA) is 113 Å². The molecule has 0 bridgehead atoms. The second kappa shape index (κ2) is 6.36. The first-order chi connectivity index (χ1) is 14.8. The van der Waals surface area contributed by atoms with Gasteiger partial charge in [0.25, 0.3) is 0 Å². The van der Waals surface area contributed by atoms with Crippen molar-refractivity contribution in [2.24, 2.45) is 22.7 Å². The number of ketones is 2. The minimum Gasteiger partial charge on any atom is -0.390 e. The molecule has 0 spiro atoms. The zero-order chi connectivity index (χ0) is 23.5. The van der Waals surface area contributed by atoms with Crippen molar-refractivity contribution in [3.8, 4) is 0 Å². The van der Waals surface area contributed by atoms with E-state index in [1.807, 2.05) is 0 Å². The van der Waals surface area contributed by atoms with Crippen LogP contribution in [0.25, 0.3) is 0 Å². The average molecular weight is 451 g/mol. The molecule has 7 nitrogen and oxygen atoms in total. The average Bonchev–Trinajstić information content (AvgIpc) is 3.11. The molecular formula is C24H31FO7. The number of aliphatic hydroxyl groups excluding tert-OH is 3. The zero-order valence-corrected chi connectivity index (χ0v) is 18.8. The molecule has 8 heteroatoms. The van der Waals surface area contributed by atoms with Gasteiger partial charge in [0.05, 0.1) is 18.3 Å². The van der Waals surface area contributed by atoms with Crippen molar-refractivity contribution in [1.29, 1.82) is 0 Å². The molecule has 0 unspecified atom stereocenters. The highest BCUT2D eigenvalue weighted by molar-refractivity contribution is 6.01. The molecule has 3 N–H and O–H groups in total. The second-order valence-electron chi connectivity index (χ2n) is 11.1. The smallest absolute Gasteiger partial charge is 0.193 e. The number of carbonyl (C=O) groups excluding carboxylic acids is 2. The Kier molecular flexibility index (Phi) is 4.44. The van der Waals surface area contributed by atoms with Crippen molar-refractivity contribution in [3.63, 3.8) is 0 Å². The third-order valence-corrected chi connectivity index (χ3v) is 9.22. The molecule has 5 rings (SSSR count). The maximum Gasteiger partial charge on any atom is 0.193 e. The van der Waals surface area contributed by atoms with Crippen molar-refractivity contribution >= 4 is 11.6 Å². The number of ether oxygens (including phenoxy) is 2. The summed E-state index contributed by atoms with van der Waals surface area (Å²) < 4.78 is 29.5. The number of alkyl halides is 1. The van der Waals surface area contributed by atoms with Crippen LogP contribution in [-0.2, 0) is 19.1 Å². The lowest BCUT2D eigenvalue weighted by atomic mass is 9.44. The van der Waals surface area contributed by atoms with Crippen LogP contribution in [0.5, 0.6) is 0 Å². The Bertz CT molecular complexity index is 958. The summed E-state index contributed by atoms with van der Waals surface area (Å²) in [7, 11) is 0. The molecule has 0 radical (unpaired) electrons. The van der Waals surface area contributed by atoms with E-state index in [0.717, 1.165) is 0 Å². The van der Waals surface area contributed by atoms with Gasteiger partial charge in [-0.15, -0.1) is 0 Å². The van der Waals surface area contributed by atoms with E-state index in [1.54, 1.807) is 27.7 Å². The molecule has 1 heterocycles. The van der Waals surface area contributed by atoms with E-state index in [0.29, 0.717) is 6.42 Å². The van der Waals surface area contributed by atoms with Crippen LogP contribution >= 0.6 is 0 Å². The SMILES string of the molecule is CC1(C)O[C@@H]2C[C@@H]3[C@@H]4C[C@@H](O)C5=CC(=O)C=C[C@]5(C)[C@@]4(F)[C@@H](O)C[C@]3(C)[C@]2(C(=O)CO)O1. The van der Waals surface area contributed by atoms with Crippen LogP contribution in [0.1, 0.15) is 47.0 Å². The predicted molar refractivity (Wildman–Crippen MR) is 110 cm³/mol. The molecule has 4 aliphatic carbocycles. The van der Waals surface area contributed by atoms with Crippen LogP contribution in [-0.4, -0.2) is 68.9 Å². The van der Waals surface area contributed by atoms with Gasteiger partial charge in [-0.25, -0.2) is 4.39 Å². The highest BCUT2D eigenvalue weighted by atomic mass is 19.1. The molecule has 0 aromatic heterocycles. The largest absolute Gasteiger partial charge is 0.390 e. The first kappa shape index (κ1) is 22.3. The number of aliphatic hydroxyl groups is 3. The fourth-order valence-corrected chi connectivity index (χ4v) is 7.96. The molecule has 0 amide bonds. The summed E-state index contributed by atoms with van der Waals surface area (Å²) in [5.41, 5.74) is -5.78. The molecule has 0 aromatic carbocycles. The van der Waals surface area contributed by atoms with Gasteiger partial charge in [-0.2, -0.15) is 0 Å². The lowest BCUT2D eigenvalue weighted by Crippen LogP contribution is -2.71. The van der Waals surface area contributed by atoms with Crippen LogP contribution in [0.3, 0.4) is 0 Å². The number of rotatable bonds is 2. The van der Waals surface area contributed by atoms with Crippen molar-refractivity contribution in [2.45, 2.75) is 82.3 Å². The van der Waals surface area contributed by atoms with E-state index in [4.69, 9.17) is 9.47 Å². The molecule has 3 saturated carbocycles. The molecule has 176 valence electrons. The van der Waals surface area contributed by atoms with Crippen LogP contribution < -0.4 is 0 Å². The Morgan fingerprint density at radius 1 is 1.19 bits per heavy atom. The third kappa shape index (κ3) is 2.32. The molecule has 32 heavy (non-hydrogen) atoms. The van der Waals surface area contributed by atoms with Gasteiger partial charge in [0.1, 0.15) is 6.61 Å². The number of fused-ring (bicyclic) bond motifs is 7. The van der Waals surface area contributed by atoms with Gasteiger partial charge in [0.2, 0.25) is 0 Å². The van der Waals surface area contributed by atoms with Crippen LogP contribution in [0.4, 0.5) is 4.39 Å². The van der Waals surface area contributed by atoms with Gasteiger partial charge >= 0.3 is 0 Å². The van der Waals surface area contributed by atoms with Gasteiger partial charge in [-0.1, -0.05) is 13.0 Å². The molecule has 4 fully saturated rings. The van der Waals surface area contributed by atoms with Crippen molar-refractivity contribution in [2.75, 3.05) is 6.61 Å². The van der Waals surface area contributed by atoms with Gasteiger partial charge in [-0.3, -0.25) is 9.59 Å². The summed E-state index contributed by atoms with van der Waals surface area (Å²) in [5, 5.41) is 32.2. The van der Waals surface area contributed by atoms with Gasteiger partial charge in [-0.05, 0) is 63.7 Å². The Hall–Kier alpha value is -1.45. The Morgan fingerprint density at radius 2 is 1.88 bits per heavy atom. The normalized spacial score (nSPS) is 53.2. The summed E-state index contributed by atoms with van der Waals surface area (Å²) in [5.74, 6) is -3.19. The molecule has 5 aliphatic rings. The van der Waals surface area contributed by atoms with E-state index in [-0.39, 0.29) is 24.2 Å². The number of hydrogen-bond donors (Lipinski definition) is 3. The van der Waals surface area contributed by atoms with Crippen molar-refractivity contribution < 1.29 is 38.8 Å². The summed E-state index contributed by atoms with van der Waals surface area (Å²) >= 11 is 0. The second-order valence-corrected chi connectivity index (χ2v) is 11.1.